The van der Waals surface area contributed by atoms with Gasteiger partial charge in [0.25, 0.3) is 0 Å². The molecule has 30 heavy (non-hydrogen) atoms. The maximum absolute atomic E-state index is 10.3. The van der Waals surface area contributed by atoms with E-state index < -0.39 is 31.1 Å². The van der Waals surface area contributed by atoms with Crippen LogP contribution in [0.1, 0.15) is 11.8 Å². The van der Waals surface area contributed by atoms with Gasteiger partial charge in [0.2, 0.25) is 0 Å². The molecule has 1 aliphatic rings. The molecule has 1 aromatic carbocycles. The standard InChI is InChI=1S/C19H23N5O6/c1-28-11-3-10(4-12(5-11)29-2)6-20-17-14-18(22-8-21-17)24(9-23-14)19-16(27)15(26)13(7-25)30-19/h3-5,8-9,13,15-16,19,25-27H,6-7H2,1-2H3,(H,20,21,22)/t13-,15-,16-,19?/m1/s1. The third-order valence-corrected chi connectivity index (χ3v) is 5.02. The van der Waals surface area contributed by atoms with Gasteiger partial charge in [0.05, 0.1) is 27.2 Å². The predicted molar refractivity (Wildman–Crippen MR) is 105 cm³/mol. The second-order valence-corrected chi connectivity index (χ2v) is 6.85. The van der Waals surface area contributed by atoms with Gasteiger partial charge in [-0.2, -0.15) is 0 Å². The number of ether oxygens (including phenoxy) is 3. The Kier molecular flexibility index (Phi) is 5.68. The molecular formula is C19H23N5O6. The Hall–Kier alpha value is -2.99. The first-order chi connectivity index (χ1) is 14.5. The predicted octanol–water partition coefficient (Wildman–Crippen LogP) is 0.0671. The Morgan fingerprint density at radius 3 is 2.43 bits per heavy atom. The molecule has 4 atom stereocenters. The minimum absolute atomic E-state index is 0.410. The lowest BCUT2D eigenvalue weighted by atomic mass is 10.1. The maximum atomic E-state index is 10.3. The van der Waals surface area contributed by atoms with Crippen LogP contribution in [-0.2, 0) is 11.3 Å². The summed E-state index contributed by atoms with van der Waals surface area (Å²) in [4.78, 5) is 12.8. The first-order valence-electron chi connectivity index (χ1n) is 9.31. The van der Waals surface area contributed by atoms with Crippen molar-refractivity contribution in [3.63, 3.8) is 0 Å². The molecule has 0 spiro atoms. The summed E-state index contributed by atoms with van der Waals surface area (Å²) in [5.41, 5.74) is 1.82. The number of hydrogen-bond donors (Lipinski definition) is 4. The van der Waals surface area contributed by atoms with Gasteiger partial charge in [-0.25, -0.2) is 15.0 Å². The number of fused-ring (bicyclic) bond motifs is 1. The SMILES string of the molecule is COc1cc(CNc2ncnc3c2ncn3C2O[C@H](CO)[C@@H](O)[C@H]2O)cc(OC)c1. The molecule has 4 N–H and O–H groups in total. The van der Waals surface area contributed by atoms with Crippen LogP contribution in [0.15, 0.2) is 30.9 Å². The number of hydrogen-bond acceptors (Lipinski definition) is 10. The zero-order chi connectivity index (χ0) is 21.3. The van der Waals surface area contributed by atoms with E-state index in [4.69, 9.17) is 14.2 Å². The number of aliphatic hydroxyl groups is 3. The fourth-order valence-corrected chi connectivity index (χ4v) is 3.43. The normalized spacial score (nSPS) is 23.6. The molecule has 0 bridgehead atoms. The highest BCUT2D eigenvalue weighted by Gasteiger charge is 2.44. The third-order valence-electron chi connectivity index (χ3n) is 5.02. The Morgan fingerprint density at radius 1 is 1.07 bits per heavy atom. The number of nitrogens with zero attached hydrogens (tertiary/aromatic N) is 4. The van der Waals surface area contributed by atoms with Crippen LogP contribution in [0.3, 0.4) is 0 Å². The molecular weight excluding hydrogens is 394 g/mol. The van der Waals surface area contributed by atoms with Gasteiger partial charge in [-0.3, -0.25) is 4.57 Å². The van der Waals surface area contributed by atoms with E-state index in [-0.39, 0.29) is 0 Å². The van der Waals surface area contributed by atoms with Crippen LogP contribution in [0.4, 0.5) is 5.82 Å². The van der Waals surface area contributed by atoms with E-state index in [2.05, 4.69) is 20.3 Å². The number of imidazole rings is 1. The Balaban J connectivity index is 1.59. The summed E-state index contributed by atoms with van der Waals surface area (Å²) < 4.78 is 17.7. The van der Waals surface area contributed by atoms with E-state index >= 15 is 0 Å². The largest absolute Gasteiger partial charge is 0.497 e. The van der Waals surface area contributed by atoms with Crippen molar-refractivity contribution >= 4 is 17.0 Å². The molecule has 0 amide bonds. The quantitative estimate of drug-likeness (QED) is 0.417. The summed E-state index contributed by atoms with van der Waals surface area (Å²) >= 11 is 0. The van der Waals surface area contributed by atoms with Gasteiger partial charge >= 0.3 is 0 Å². The number of nitrogens with one attached hydrogen (secondary N) is 1. The number of anilines is 1. The monoisotopic (exact) mass is 417 g/mol. The molecule has 1 fully saturated rings. The number of aliphatic hydroxyl groups excluding tert-OH is 3. The van der Waals surface area contributed by atoms with Crippen molar-refractivity contribution in [2.24, 2.45) is 0 Å². The molecule has 11 nitrogen and oxygen atoms in total. The van der Waals surface area contributed by atoms with Crippen LogP contribution in [0.2, 0.25) is 0 Å². The average Bonchev–Trinajstić information content (AvgIpc) is 3.33. The molecule has 0 saturated carbocycles. The van der Waals surface area contributed by atoms with Crippen molar-refractivity contribution in [2.45, 2.75) is 31.1 Å². The van der Waals surface area contributed by atoms with Gasteiger partial charge in [-0.1, -0.05) is 0 Å². The summed E-state index contributed by atoms with van der Waals surface area (Å²) in [6.07, 6.45) is -1.41. The zero-order valence-corrected chi connectivity index (χ0v) is 16.5. The second kappa shape index (κ2) is 8.40. The molecule has 1 aliphatic heterocycles. The van der Waals surface area contributed by atoms with E-state index in [1.54, 1.807) is 20.3 Å². The van der Waals surface area contributed by atoms with Gasteiger partial charge in [-0.15, -0.1) is 0 Å². The van der Waals surface area contributed by atoms with E-state index in [0.29, 0.717) is 35.0 Å². The smallest absolute Gasteiger partial charge is 0.167 e. The van der Waals surface area contributed by atoms with Crippen LogP contribution >= 0.6 is 0 Å². The lowest BCUT2D eigenvalue weighted by molar-refractivity contribution is -0.0511. The summed E-state index contributed by atoms with van der Waals surface area (Å²) in [6.45, 7) is 0.0214. The summed E-state index contributed by atoms with van der Waals surface area (Å²) in [5.74, 6) is 1.84. The molecule has 11 heteroatoms. The molecule has 3 heterocycles. The summed E-state index contributed by atoms with van der Waals surface area (Å²) in [5, 5.41) is 32.8. The van der Waals surface area contributed by atoms with Crippen molar-refractivity contribution < 1.29 is 29.5 Å². The Labute approximate surface area is 171 Å². The van der Waals surface area contributed by atoms with Crippen LogP contribution in [0.25, 0.3) is 11.2 Å². The van der Waals surface area contributed by atoms with Crippen molar-refractivity contribution in [2.75, 3.05) is 26.1 Å². The van der Waals surface area contributed by atoms with Gasteiger partial charge in [0, 0.05) is 12.6 Å². The summed E-state index contributed by atoms with van der Waals surface area (Å²) in [7, 11) is 3.18. The van der Waals surface area contributed by atoms with Gasteiger partial charge in [0.15, 0.2) is 23.2 Å². The average molecular weight is 417 g/mol. The number of benzene rings is 1. The van der Waals surface area contributed by atoms with Crippen molar-refractivity contribution in [3.8, 4) is 11.5 Å². The lowest BCUT2D eigenvalue weighted by Crippen LogP contribution is -2.33. The zero-order valence-electron chi connectivity index (χ0n) is 16.5. The van der Waals surface area contributed by atoms with Crippen LogP contribution in [0.5, 0.6) is 11.5 Å². The minimum atomic E-state index is -1.23. The lowest BCUT2D eigenvalue weighted by Gasteiger charge is -2.16. The Bertz CT molecular complexity index is 1010. The van der Waals surface area contributed by atoms with Crippen LogP contribution < -0.4 is 14.8 Å². The topological polar surface area (TPSA) is 144 Å². The van der Waals surface area contributed by atoms with Crippen LogP contribution in [0, 0.1) is 0 Å². The number of methoxy groups -OCH3 is 2. The van der Waals surface area contributed by atoms with E-state index in [9.17, 15) is 15.3 Å². The highest BCUT2D eigenvalue weighted by atomic mass is 16.6. The van der Waals surface area contributed by atoms with Crippen molar-refractivity contribution in [1.82, 2.24) is 19.5 Å². The number of aromatic nitrogens is 4. The summed E-state index contributed by atoms with van der Waals surface area (Å²) in [6, 6.07) is 5.55. The van der Waals surface area contributed by atoms with E-state index in [0.717, 1.165) is 5.56 Å². The molecule has 1 unspecified atom stereocenters. The molecule has 4 rings (SSSR count). The van der Waals surface area contributed by atoms with Gasteiger partial charge in [-0.05, 0) is 17.7 Å². The van der Waals surface area contributed by atoms with Crippen molar-refractivity contribution in [1.29, 1.82) is 0 Å². The first-order valence-corrected chi connectivity index (χ1v) is 9.31. The third kappa shape index (κ3) is 3.63. The highest BCUT2D eigenvalue weighted by Crippen LogP contribution is 2.32. The van der Waals surface area contributed by atoms with E-state index in [1.165, 1.54) is 17.2 Å². The fraction of sp³-hybridized carbons (Fsp3) is 0.421. The van der Waals surface area contributed by atoms with Gasteiger partial charge in [0.1, 0.15) is 36.1 Å². The van der Waals surface area contributed by atoms with E-state index in [1.807, 2.05) is 12.1 Å². The number of rotatable bonds is 7. The van der Waals surface area contributed by atoms with Crippen molar-refractivity contribution in [3.05, 3.63) is 36.4 Å². The molecule has 0 aliphatic carbocycles. The van der Waals surface area contributed by atoms with Gasteiger partial charge < -0.3 is 34.8 Å². The second-order valence-electron chi connectivity index (χ2n) is 6.85. The maximum Gasteiger partial charge on any atom is 0.167 e. The molecule has 1 saturated heterocycles. The molecule has 0 radical (unpaired) electrons. The first kappa shape index (κ1) is 20.3. The Morgan fingerprint density at radius 2 is 1.80 bits per heavy atom. The minimum Gasteiger partial charge on any atom is -0.497 e. The fourth-order valence-electron chi connectivity index (χ4n) is 3.43. The molecule has 3 aromatic rings. The molecule has 160 valence electrons. The highest BCUT2D eigenvalue weighted by molar-refractivity contribution is 5.82. The van der Waals surface area contributed by atoms with Crippen LogP contribution in [-0.4, -0.2) is 74.0 Å². The molecule has 2 aromatic heterocycles.